The van der Waals surface area contributed by atoms with Gasteiger partial charge in [-0.25, -0.2) is 0 Å². The Balaban J connectivity index is 2.70. The van der Waals surface area contributed by atoms with E-state index in [1.165, 1.54) is 12.8 Å². The van der Waals surface area contributed by atoms with Gasteiger partial charge in [0.25, 0.3) is 0 Å². The number of carbonyl (C=O) groups is 1. The maximum absolute atomic E-state index is 12.5. The number of methoxy groups -OCH3 is 1. The summed E-state index contributed by atoms with van der Waals surface area (Å²) in [5, 5.41) is 0. The van der Waals surface area contributed by atoms with E-state index < -0.39 is 0 Å². The molecule has 0 saturated heterocycles. The van der Waals surface area contributed by atoms with E-state index in [4.69, 9.17) is 4.74 Å². The first-order valence-electron chi connectivity index (χ1n) is 6.87. The molecule has 3 atom stereocenters. The summed E-state index contributed by atoms with van der Waals surface area (Å²) < 4.78 is 5.29. The molecule has 2 nitrogen and oxygen atoms in total. The highest BCUT2D eigenvalue weighted by Crippen LogP contribution is 2.37. The van der Waals surface area contributed by atoms with Crippen LogP contribution in [0.25, 0.3) is 0 Å². The number of carbonyl (C=O) groups excluding carboxylic acids is 1. The van der Waals surface area contributed by atoms with E-state index in [2.05, 4.69) is 27.7 Å². The molecule has 0 heterocycles. The molecule has 0 aliphatic heterocycles. The Morgan fingerprint density at radius 1 is 1.29 bits per heavy atom. The van der Waals surface area contributed by atoms with Crippen LogP contribution >= 0.6 is 0 Å². The highest BCUT2D eigenvalue weighted by Gasteiger charge is 2.36. The van der Waals surface area contributed by atoms with Crippen LogP contribution in [0.5, 0.6) is 0 Å². The minimum absolute atomic E-state index is 0.103. The summed E-state index contributed by atoms with van der Waals surface area (Å²) >= 11 is 0. The maximum Gasteiger partial charge on any atom is 0.137 e. The summed E-state index contributed by atoms with van der Waals surface area (Å²) in [6.45, 7) is 9.40. The Morgan fingerprint density at radius 2 is 1.94 bits per heavy atom. The lowest BCUT2D eigenvalue weighted by molar-refractivity contribution is -0.130. The van der Waals surface area contributed by atoms with Gasteiger partial charge in [0.05, 0.1) is 0 Å². The van der Waals surface area contributed by atoms with Crippen LogP contribution in [-0.4, -0.2) is 19.5 Å². The zero-order valence-electron chi connectivity index (χ0n) is 12.1. The molecule has 0 aromatic rings. The predicted octanol–water partition coefficient (Wildman–Crippen LogP) is 3.69. The van der Waals surface area contributed by atoms with Crippen molar-refractivity contribution >= 4 is 5.78 Å². The highest BCUT2D eigenvalue weighted by atomic mass is 16.5. The summed E-state index contributed by atoms with van der Waals surface area (Å²) in [5.41, 5.74) is 0.103. The van der Waals surface area contributed by atoms with Gasteiger partial charge in [-0.2, -0.15) is 0 Å². The second kappa shape index (κ2) is 5.99. The summed E-state index contributed by atoms with van der Waals surface area (Å²) in [5.74, 6) is 1.65. The number of hydrogen-bond acceptors (Lipinski definition) is 2. The van der Waals surface area contributed by atoms with E-state index in [1.807, 2.05) is 0 Å². The Labute approximate surface area is 106 Å². The minimum Gasteiger partial charge on any atom is -0.384 e. The fourth-order valence-electron chi connectivity index (χ4n) is 3.15. The molecule has 0 amide bonds. The van der Waals surface area contributed by atoms with E-state index in [1.54, 1.807) is 7.11 Å². The molecule has 0 spiro atoms. The fraction of sp³-hybridized carbons (Fsp3) is 0.933. The molecule has 0 radical (unpaired) electrons. The molecule has 1 aliphatic carbocycles. The van der Waals surface area contributed by atoms with E-state index >= 15 is 0 Å². The minimum atomic E-state index is 0.103. The summed E-state index contributed by atoms with van der Waals surface area (Å²) in [7, 11) is 1.74. The third-order valence-corrected chi connectivity index (χ3v) is 3.81. The molecular weight excluding hydrogens is 212 g/mol. The molecule has 1 aliphatic rings. The fourth-order valence-corrected chi connectivity index (χ4v) is 3.15. The molecule has 0 aromatic carbocycles. The van der Waals surface area contributed by atoms with Crippen molar-refractivity contribution in [1.29, 1.82) is 0 Å². The monoisotopic (exact) mass is 240 g/mol. The normalized spacial score (nSPS) is 30.3. The van der Waals surface area contributed by atoms with Crippen molar-refractivity contribution in [3.8, 4) is 0 Å². The maximum atomic E-state index is 12.5. The lowest BCUT2D eigenvalue weighted by atomic mass is 9.69. The molecular formula is C15H28O2. The number of ketones is 1. The molecule has 1 rings (SSSR count). The molecule has 1 fully saturated rings. The predicted molar refractivity (Wildman–Crippen MR) is 71.0 cm³/mol. The van der Waals surface area contributed by atoms with Gasteiger partial charge < -0.3 is 4.74 Å². The Hall–Kier alpha value is -0.370. The van der Waals surface area contributed by atoms with Gasteiger partial charge in [-0.15, -0.1) is 0 Å². The second-order valence-electron chi connectivity index (χ2n) is 6.85. The van der Waals surface area contributed by atoms with E-state index in [0.29, 0.717) is 24.0 Å². The number of hydrogen-bond donors (Lipinski definition) is 0. The third-order valence-electron chi connectivity index (χ3n) is 3.81. The van der Waals surface area contributed by atoms with Crippen LogP contribution in [0.1, 0.15) is 53.4 Å². The summed E-state index contributed by atoms with van der Waals surface area (Å²) in [6, 6.07) is 0. The summed E-state index contributed by atoms with van der Waals surface area (Å²) in [4.78, 5) is 12.5. The molecule has 0 bridgehead atoms. The molecule has 100 valence electrons. The number of ether oxygens (including phenoxy) is 1. The molecule has 0 aromatic heterocycles. The molecule has 17 heavy (non-hydrogen) atoms. The largest absolute Gasteiger partial charge is 0.384 e. The van der Waals surface area contributed by atoms with Gasteiger partial charge in [0.15, 0.2) is 0 Å². The molecule has 3 unspecified atom stereocenters. The average molecular weight is 240 g/mol. The zero-order valence-corrected chi connectivity index (χ0v) is 12.1. The lowest BCUT2D eigenvalue weighted by Gasteiger charge is -2.36. The van der Waals surface area contributed by atoms with Crippen molar-refractivity contribution in [1.82, 2.24) is 0 Å². The van der Waals surface area contributed by atoms with Crippen LogP contribution < -0.4 is 0 Å². The van der Waals surface area contributed by atoms with E-state index in [9.17, 15) is 4.79 Å². The van der Waals surface area contributed by atoms with Gasteiger partial charge in [-0.3, -0.25) is 4.79 Å². The standard InChI is InChI=1S/C15H28O2/c1-11-7-6-8-12(10-17-5)14(11)13(16)9-15(2,3)4/h11-12,14H,6-10H2,1-5H3. The van der Waals surface area contributed by atoms with E-state index in [-0.39, 0.29) is 11.3 Å². The Bertz CT molecular complexity index is 250. The number of Topliss-reactive ketones (excluding diaryl/α,β-unsaturated/α-hetero) is 1. The van der Waals surface area contributed by atoms with Crippen molar-refractivity contribution in [3.05, 3.63) is 0 Å². The average Bonchev–Trinajstić information content (AvgIpc) is 2.15. The van der Waals surface area contributed by atoms with Crippen LogP contribution in [-0.2, 0) is 9.53 Å². The van der Waals surface area contributed by atoms with E-state index in [0.717, 1.165) is 13.0 Å². The first-order valence-corrected chi connectivity index (χ1v) is 6.87. The second-order valence-corrected chi connectivity index (χ2v) is 6.85. The van der Waals surface area contributed by atoms with Crippen molar-refractivity contribution in [2.45, 2.75) is 53.4 Å². The van der Waals surface area contributed by atoms with Gasteiger partial charge in [0.1, 0.15) is 5.78 Å². The highest BCUT2D eigenvalue weighted by molar-refractivity contribution is 5.82. The lowest BCUT2D eigenvalue weighted by Crippen LogP contribution is -2.37. The smallest absolute Gasteiger partial charge is 0.137 e. The first kappa shape index (κ1) is 14.7. The van der Waals surface area contributed by atoms with Gasteiger partial charge in [0, 0.05) is 26.1 Å². The van der Waals surface area contributed by atoms with Gasteiger partial charge in [0.2, 0.25) is 0 Å². The summed E-state index contributed by atoms with van der Waals surface area (Å²) in [6.07, 6.45) is 4.29. The van der Waals surface area contributed by atoms with Crippen LogP contribution in [0.15, 0.2) is 0 Å². The molecule has 0 N–H and O–H groups in total. The Morgan fingerprint density at radius 3 is 2.47 bits per heavy atom. The quantitative estimate of drug-likeness (QED) is 0.749. The van der Waals surface area contributed by atoms with Crippen molar-refractivity contribution in [2.24, 2.45) is 23.2 Å². The topological polar surface area (TPSA) is 26.3 Å². The van der Waals surface area contributed by atoms with Crippen molar-refractivity contribution in [3.63, 3.8) is 0 Å². The van der Waals surface area contributed by atoms with Crippen molar-refractivity contribution < 1.29 is 9.53 Å². The molecule has 2 heteroatoms. The van der Waals surface area contributed by atoms with Crippen molar-refractivity contribution in [2.75, 3.05) is 13.7 Å². The molecule has 1 saturated carbocycles. The number of rotatable bonds is 4. The van der Waals surface area contributed by atoms with Gasteiger partial charge in [-0.05, 0) is 30.1 Å². The Kier molecular flexibility index (Phi) is 5.18. The zero-order chi connectivity index (χ0) is 13.1. The van der Waals surface area contributed by atoms with Gasteiger partial charge >= 0.3 is 0 Å². The van der Waals surface area contributed by atoms with Crippen LogP contribution in [0, 0.1) is 23.2 Å². The SMILES string of the molecule is COCC1CCCC(C)C1C(=O)CC(C)(C)C. The van der Waals surface area contributed by atoms with Crippen LogP contribution in [0.2, 0.25) is 0 Å². The third kappa shape index (κ3) is 4.42. The van der Waals surface area contributed by atoms with Crippen LogP contribution in [0.3, 0.4) is 0 Å². The van der Waals surface area contributed by atoms with Gasteiger partial charge in [-0.1, -0.05) is 34.1 Å². The van der Waals surface area contributed by atoms with Crippen LogP contribution in [0.4, 0.5) is 0 Å². The first-order chi connectivity index (χ1) is 7.85.